The van der Waals surface area contributed by atoms with Crippen molar-refractivity contribution in [2.24, 2.45) is 5.92 Å². The number of anilines is 1. The molecule has 4 rings (SSSR count). The number of aromatic nitrogens is 4. The predicted molar refractivity (Wildman–Crippen MR) is 93.3 cm³/mol. The van der Waals surface area contributed by atoms with Crippen molar-refractivity contribution in [3.05, 3.63) is 42.0 Å². The molecule has 7 nitrogen and oxygen atoms in total. The number of hydrogen-bond donors (Lipinski definition) is 0. The molecular formula is C18H19N5O2. The van der Waals surface area contributed by atoms with Crippen LogP contribution in [0.4, 0.5) is 5.82 Å². The Morgan fingerprint density at radius 2 is 1.96 bits per heavy atom. The highest BCUT2D eigenvalue weighted by Crippen LogP contribution is 2.24. The van der Waals surface area contributed by atoms with Crippen LogP contribution in [-0.2, 0) is 9.53 Å². The van der Waals surface area contributed by atoms with E-state index in [-0.39, 0.29) is 11.9 Å². The van der Waals surface area contributed by atoms with Crippen LogP contribution in [0.3, 0.4) is 0 Å². The summed E-state index contributed by atoms with van der Waals surface area (Å²) in [6, 6.07) is 11.9. The molecule has 0 spiro atoms. The molecule has 7 heteroatoms. The quantitative estimate of drug-likeness (QED) is 0.682. The summed E-state index contributed by atoms with van der Waals surface area (Å²) >= 11 is 0. The van der Waals surface area contributed by atoms with E-state index in [9.17, 15) is 4.79 Å². The molecule has 2 aromatic heterocycles. The first-order chi connectivity index (χ1) is 12.2. The molecule has 1 aliphatic rings. The van der Waals surface area contributed by atoms with Gasteiger partial charge in [0, 0.05) is 18.7 Å². The van der Waals surface area contributed by atoms with E-state index in [4.69, 9.17) is 9.84 Å². The third-order valence-electron chi connectivity index (χ3n) is 4.61. The second kappa shape index (κ2) is 6.16. The van der Waals surface area contributed by atoms with Gasteiger partial charge in [-0.05, 0) is 25.5 Å². The molecule has 3 aromatic rings. The predicted octanol–water partition coefficient (Wildman–Crippen LogP) is 2.10. The molecule has 128 valence electrons. The lowest BCUT2D eigenvalue weighted by atomic mass is 10.1. The molecule has 0 bridgehead atoms. The standard InChI is InChI=1S/C18H19N5O2/c1-12-3-5-13(6-4-12)17-20-19-15-7-8-16(21-23(15)17)22-10-9-14(11-22)18(24)25-2/h3-8,14H,9-11H2,1-2H3. The number of carbonyl (C=O) groups is 1. The number of methoxy groups -OCH3 is 1. The molecule has 0 radical (unpaired) electrons. The fraction of sp³-hybridized carbons (Fsp3) is 0.333. The highest BCUT2D eigenvalue weighted by Gasteiger charge is 2.30. The summed E-state index contributed by atoms with van der Waals surface area (Å²) in [6.45, 7) is 3.45. The normalized spacial score (nSPS) is 17.2. The monoisotopic (exact) mass is 337 g/mol. The number of benzene rings is 1. The molecule has 0 N–H and O–H groups in total. The van der Waals surface area contributed by atoms with E-state index in [2.05, 4.69) is 15.1 Å². The largest absolute Gasteiger partial charge is 0.469 e. The minimum absolute atomic E-state index is 0.0972. The third kappa shape index (κ3) is 2.82. The molecule has 1 atom stereocenters. The number of carbonyl (C=O) groups excluding carboxylic acids is 1. The molecule has 0 saturated carbocycles. The average molecular weight is 337 g/mol. The Labute approximate surface area is 145 Å². The molecule has 1 fully saturated rings. The first-order valence-electron chi connectivity index (χ1n) is 8.28. The molecular weight excluding hydrogens is 318 g/mol. The first kappa shape index (κ1) is 15.6. The number of nitrogens with zero attached hydrogens (tertiary/aromatic N) is 5. The van der Waals surface area contributed by atoms with E-state index in [1.54, 1.807) is 4.52 Å². The topological polar surface area (TPSA) is 72.6 Å². The van der Waals surface area contributed by atoms with E-state index in [1.807, 2.05) is 43.3 Å². The Bertz CT molecular complexity index is 919. The van der Waals surface area contributed by atoms with Gasteiger partial charge in [0.25, 0.3) is 0 Å². The average Bonchev–Trinajstić information content (AvgIpc) is 3.28. The molecule has 1 aromatic carbocycles. The number of fused-ring (bicyclic) bond motifs is 1. The number of esters is 1. The summed E-state index contributed by atoms with van der Waals surface area (Å²) in [5.74, 6) is 1.26. The van der Waals surface area contributed by atoms with Crippen LogP contribution < -0.4 is 4.90 Å². The molecule has 1 saturated heterocycles. The van der Waals surface area contributed by atoms with Gasteiger partial charge in [-0.25, -0.2) is 0 Å². The molecule has 0 amide bonds. The van der Waals surface area contributed by atoms with Gasteiger partial charge in [-0.3, -0.25) is 4.79 Å². The lowest BCUT2D eigenvalue weighted by Gasteiger charge is -2.17. The molecule has 1 aliphatic heterocycles. The summed E-state index contributed by atoms with van der Waals surface area (Å²) in [6.07, 6.45) is 0.777. The third-order valence-corrected chi connectivity index (χ3v) is 4.61. The lowest BCUT2D eigenvalue weighted by Crippen LogP contribution is -2.24. The Morgan fingerprint density at radius 3 is 2.72 bits per heavy atom. The van der Waals surface area contributed by atoms with Gasteiger partial charge in [-0.2, -0.15) is 4.52 Å². The highest BCUT2D eigenvalue weighted by molar-refractivity contribution is 5.74. The van der Waals surface area contributed by atoms with Crippen LogP contribution in [0, 0.1) is 12.8 Å². The van der Waals surface area contributed by atoms with Crippen molar-refractivity contribution in [1.82, 2.24) is 19.8 Å². The lowest BCUT2D eigenvalue weighted by molar-refractivity contribution is -0.144. The van der Waals surface area contributed by atoms with Gasteiger partial charge in [-0.1, -0.05) is 29.8 Å². The zero-order valence-electron chi connectivity index (χ0n) is 14.2. The van der Waals surface area contributed by atoms with E-state index in [0.29, 0.717) is 18.0 Å². The minimum Gasteiger partial charge on any atom is -0.469 e. The van der Waals surface area contributed by atoms with Crippen LogP contribution in [0.15, 0.2) is 36.4 Å². The van der Waals surface area contributed by atoms with Gasteiger partial charge in [0.1, 0.15) is 5.82 Å². The van der Waals surface area contributed by atoms with E-state index in [0.717, 1.165) is 24.3 Å². The maximum absolute atomic E-state index is 11.7. The summed E-state index contributed by atoms with van der Waals surface area (Å²) in [4.78, 5) is 13.8. The van der Waals surface area contributed by atoms with Crippen molar-refractivity contribution in [3.63, 3.8) is 0 Å². The van der Waals surface area contributed by atoms with Crippen LogP contribution in [0.1, 0.15) is 12.0 Å². The first-order valence-corrected chi connectivity index (χ1v) is 8.28. The van der Waals surface area contributed by atoms with E-state index in [1.165, 1.54) is 12.7 Å². The van der Waals surface area contributed by atoms with E-state index >= 15 is 0 Å². The fourth-order valence-electron chi connectivity index (χ4n) is 3.16. The summed E-state index contributed by atoms with van der Waals surface area (Å²) in [7, 11) is 1.43. The maximum atomic E-state index is 11.7. The number of rotatable bonds is 3. The Balaban J connectivity index is 1.67. The van der Waals surface area contributed by atoms with Crippen molar-refractivity contribution in [2.45, 2.75) is 13.3 Å². The number of hydrogen-bond acceptors (Lipinski definition) is 6. The minimum atomic E-state index is -0.159. The summed E-state index contributed by atoms with van der Waals surface area (Å²) in [5, 5.41) is 13.2. The van der Waals surface area contributed by atoms with Gasteiger partial charge < -0.3 is 9.64 Å². The molecule has 0 aliphatic carbocycles. The van der Waals surface area contributed by atoms with Gasteiger partial charge >= 0.3 is 5.97 Å². The van der Waals surface area contributed by atoms with Gasteiger partial charge in [0.05, 0.1) is 13.0 Å². The molecule has 25 heavy (non-hydrogen) atoms. The van der Waals surface area contributed by atoms with Gasteiger partial charge in [-0.15, -0.1) is 15.3 Å². The van der Waals surface area contributed by atoms with Crippen molar-refractivity contribution in [1.29, 1.82) is 0 Å². The molecule has 1 unspecified atom stereocenters. The summed E-state index contributed by atoms with van der Waals surface area (Å²) in [5.41, 5.74) is 2.86. The van der Waals surface area contributed by atoms with Crippen LogP contribution in [0.25, 0.3) is 17.0 Å². The zero-order chi connectivity index (χ0) is 17.4. The van der Waals surface area contributed by atoms with Crippen LogP contribution in [-0.4, -0.2) is 46.0 Å². The van der Waals surface area contributed by atoms with Crippen molar-refractivity contribution in [3.8, 4) is 11.4 Å². The van der Waals surface area contributed by atoms with Gasteiger partial charge in [0.2, 0.25) is 0 Å². The second-order valence-electron chi connectivity index (χ2n) is 6.31. The second-order valence-corrected chi connectivity index (χ2v) is 6.31. The Hall–Kier alpha value is -2.96. The van der Waals surface area contributed by atoms with E-state index < -0.39 is 0 Å². The Morgan fingerprint density at radius 1 is 1.16 bits per heavy atom. The molecule has 3 heterocycles. The zero-order valence-corrected chi connectivity index (χ0v) is 14.2. The van der Waals surface area contributed by atoms with Gasteiger partial charge in [0.15, 0.2) is 11.5 Å². The highest BCUT2D eigenvalue weighted by atomic mass is 16.5. The van der Waals surface area contributed by atoms with Crippen molar-refractivity contribution in [2.75, 3.05) is 25.1 Å². The number of ether oxygens (including phenoxy) is 1. The maximum Gasteiger partial charge on any atom is 0.310 e. The smallest absolute Gasteiger partial charge is 0.310 e. The van der Waals surface area contributed by atoms with Crippen LogP contribution in [0.2, 0.25) is 0 Å². The fourth-order valence-corrected chi connectivity index (χ4v) is 3.16. The van der Waals surface area contributed by atoms with Crippen LogP contribution >= 0.6 is 0 Å². The van der Waals surface area contributed by atoms with Crippen molar-refractivity contribution < 1.29 is 9.53 Å². The summed E-state index contributed by atoms with van der Waals surface area (Å²) < 4.78 is 6.61. The number of aryl methyl sites for hydroxylation is 1. The van der Waals surface area contributed by atoms with Crippen LogP contribution in [0.5, 0.6) is 0 Å². The van der Waals surface area contributed by atoms with Crippen molar-refractivity contribution >= 4 is 17.4 Å². The Kier molecular flexibility index (Phi) is 3.83. The SMILES string of the molecule is COC(=O)C1CCN(c2ccc3nnc(-c4ccc(C)cc4)n3n2)C1.